The highest BCUT2D eigenvalue weighted by Crippen LogP contribution is 2.26. The summed E-state index contributed by atoms with van der Waals surface area (Å²) in [6.45, 7) is 2.13. The average Bonchev–Trinajstić information content (AvgIpc) is 2.51. The van der Waals surface area contributed by atoms with Crippen LogP contribution in [0.1, 0.15) is 34.3 Å². The summed E-state index contributed by atoms with van der Waals surface area (Å²) in [6.07, 6.45) is 0.405. The molecule has 0 saturated heterocycles. The second-order valence-corrected chi connectivity index (χ2v) is 5.56. The van der Waals surface area contributed by atoms with Crippen molar-refractivity contribution in [2.75, 3.05) is 6.61 Å². The van der Waals surface area contributed by atoms with Gasteiger partial charge < -0.3 is 9.84 Å². The molecule has 2 rings (SSSR count). The molecule has 0 heterocycles. The Morgan fingerprint density at radius 1 is 1.13 bits per heavy atom. The van der Waals surface area contributed by atoms with E-state index >= 15 is 0 Å². The number of benzene rings is 2. The van der Waals surface area contributed by atoms with E-state index in [1.165, 1.54) is 0 Å². The van der Waals surface area contributed by atoms with Gasteiger partial charge in [-0.15, -0.1) is 0 Å². The van der Waals surface area contributed by atoms with E-state index in [9.17, 15) is 9.59 Å². The van der Waals surface area contributed by atoms with E-state index in [-0.39, 0.29) is 18.8 Å². The molecule has 0 fully saturated rings. The van der Waals surface area contributed by atoms with E-state index in [0.717, 1.165) is 5.56 Å². The summed E-state index contributed by atoms with van der Waals surface area (Å²) in [5.74, 6) is -0.644. The first-order valence-electron chi connectivity index (χ1n) is 7.23. The Hall–Kier alpha value is -2.33. The van der Waals surface area contributed by atoms with Crippen LogP contribution in [0.4, 0.5) is 0 Å². The van der Waals surface area contributed by atoms with Crippen molar-refractivity contribution in [3.05, 3.63) is 64.2 Å². The number of rotatable bonds is 7. The fourth-order valence-electron chi connectivity index (χ4n) is 2.13. The average molecular weight is 333 g/mol. The van der Waals surface area contributed by atoms with Crippen molar-refractivity contribution in [2.24, 2.45) is 0 Å². The van der Waals surface area contributed by atoms with Crippen molar-refractivity contribution in [1.29, 1.82) is 0 Å². The standard InChI is InChI=1S/C18H17ClO4/c1-12-8-9-14(16(11-12)23-10-4-7-17(20)21)18(22)13-5-2-3-6-15(13)19/h2-3,5-6,8-9,11H,4,7,10H2,1H3,(H,20,21). The molecule has 120 valence electrons. The topological polar surface area (TPSA) is 63.6 Å². The fraction of sp³-hybridized carbons (Fsp3) is 0.222. The van der Waals surface area contributed by atoms with Crippen LogP contribution in [-0.4, -0.2) is 23.5 Å². The van der Waals surface area contributed by atoms with Gasteiger partial charge in [0.2, 0.25) is 0 Å². The van der Waals surface area contributed by atoms with Crippen LogP contribution in [0.2, 0.25) is 5.02 Å². The van der Waals surface area contributed by atoms with Crippen LogP contribution in [0.15, 0.2) is 42.5 Å². The van der Waals surface area contributed by atoms with Crippen molar-refractivity contribution >= 4 is 23.4 Å². The third-order valence-corrected chi connectivity index (χ3v) is 3.62. The normalized spacial score (nSPS) is 10.3. The Morgan fingerprint density at radius 2 is 1.87 bits per heavy atom. The minimum absolute atomic E-state index is 0.0274. The minimum atomic E-state index is -0.870. The van der Waals surface area contributed by atoms with Crippen molar-refractivity contribution in [2.45, 2.75) is 19.8 Å². The maximum Gasteiger partial charge on any atom is 0.303 e. The first kappa shape index (κ1) is 17.0. The zero-order valence-electron chi connectivity index (χ0n) is 12.7. The van der Waals surface area contributed by atoms with Crippen molar-refractivity contribution < 1.29 is 19.4 Å². The summed E-state index contributed by atoms with van der Waals surface area (Å²) < 4.78 is 5.62. The van der Waals surface area contributed by atoms with Gasteiger partial charge in [0.1, 0.15) is 5.75 Å². The highest BCUT2D eigenvalue weighted by Gasteiger charge is 2.17. The third kappa shape index (κ3) is 4.57. The molecule has 2 aromatic rings. The van der Waals surface area contributed by atoms with E-state index in [1.807, 2.05) is 13.0 Å². The Bertz CT molecular complexity index is 725. The van der Waals surface area contributed by atoms with E-state index in [2.05, 4.69) is 0 Å². The maximum atomic E-state index is 12.7. The number of carboxylic acids is 1. The molecule has 0 aliphatic carbocycles. The molecular formula is C18H17ClO4. The summed E-state index contributed by atoms with van der Waals surface area (Å²) in [7, 11) is 0. The molecule has 4 nitrogen and oxygen atoms in total. The lowest BCUT2D eigenvalue weighted by molar-refractivity contribution is -0.137. The molecular weight excluding hydrogens is 316 g/mol. The SMILES string of the molecule is Cc1ccc(C(=O)c2ccccc2Cl)c(OCCCC(=O)O)c1. The van der Waals surface area contributed by atoms with Gasteiger partial charge in [0.05, 0.1) is 17.2 Å². The largest absolute Gasteiger partial charge is 0.493 e. The molecule has 0 bridgehead atoms. The van der Waals surface area contributed by atoms with E-state index < -0.39 is 5.97 Å². The fourth-order valence-corrected chi connectivity index (χ4v) is 2.35. The van der Waals surface area contributed by atoms with Gasteiger partial charge in [-0.05, 0) is 43.2 Å². The molecule has 0 unspecified atom stereocenters. The van der Waals surface area contributed by atoms with Crippen LogP contribution < -0.4 is 4.74 Å². The number of aliphatic carboxylic acids is 1. The molecule has 2 aromatic carbocycles. The number of halogens is 1. The van der Waals surface area contributed by atoms with E-state index in [0.29, 0.717) is 28.3 Å². The summed E-state index contributed by atoms with van der Waals surface area (Å²) >= 11 is 6.09. The van der Waals surface area contributed by atoms with Crippen molar-refractivity contribution in [1.82, 2.24) is 0 Å². The lowest BCUT2D eigenvalue weighted by Gasteiger charge is -2.12. The molecule has 5 heteroatoms. The molecule has 0 amide bonds. The van der Waals surface area contributed by atoms with E-state index in [4.69, 9.17) is 21.4 Å². The maximum absolute atomic E-state index is 12.7. The first-order valence-corrected chi connectivity index (χ1v) is 7.61. The van der Waals surface area contributed by atoms with E-state index in [1.54, 1.807) is 36.4 Å². The van der Waals surface area contributed by atoms with Gasteiger partial charge in [-0.2, -0.15) is 0 Å². The molecule has 0 saturated carbocycles. The predicted molar refractivity (Wildman–Crippen MR) is 88.4 cm³/mol. The summed E-state index contributed by atoms with van der Waals surface area (Å²) in [6, 6.07) is 12.1. The van der Waals surface area contributed by atoms with Crippen LogP contribution in [0.3, 0.4) is 0 Å². The second kappa shape index (κ2) is 7.79. The number of aryl methyl sites for hydroxylation is 1. The zero-order chi connectivity index (χ0) is 16.8. The molecule has 23 heavy (non-hydrogen) atoms. The second-order valence-electron chi connectivity index (χ2n) is 5.15. The van der Waals surface area contributed by atoms with Crippen LogP contribution in [0.5, 0.6) is 5.75 Å². The predicted octanol–water partition coefficient (Wildman–Crippen LogP) is 4.12. The van der Waals surface area contributed by atoms with Gasteiger partial charge >= 0.3 is 5.97 Å². The van der Waals surface area contributed by atoms with Crippen LogP contribution in [0, 0.1) is 6.92 Å². The Kier molecular flexibility index (Phi) is 5.77. The molecule has 0 spiro atoms. The molecule has 0 atom stereocenters. The van der Waals surface area contributed by atoms with Gasteiger partial charge in [-0.25, -0.2) is 0 Å². The van der Waals surface area contributed by atoms with Crippen LogP contribution in [0.25, 0.3) is 0 Å². The van der Waals surface area contributed by atoms with Crippen LogP contribution >= 0.6 is 11.6 Å². The zero-order valence-corrected chi connectivity index (χ0v) is 13.5. The quantitative estimate of drug-likeness (QED) is 0.612. The number of ketones is 1. The van der Waals surface area contributed by atoms with Gasteiger partial charge in [0, 0.05) is 12.0 Å². The minimum Gasteiger partial charge on any atom is -0.493 e. The van der Waals surface area contributed by atoms with Crippen LogP contribution in [-0.2, 0) is 4.79 Å². The number of hydrogen-bond acceptors (Lipinski definition) is 3. The summed E-state index contributed by atoms with van der Waals surface area (Å²) in [5, 5.41) is 9.04. The Labute approximate surface area is 139 Å². The first-order chi connectivity index (χ1) is 11.0. The Morgan fingerprint density at radius 3 is 2.57 bits per heavy atom. The molecule has 1 N–H and O–H groups in total. The van der Waals surface area contributed by atoms with Gasteiger partial charge in [0.15, 0.2) is 5.78 Å². The smallest absolute Gasteiger partial charge is 0.303 e. The number of carbonyl (C=O) groups is 2. The molecule has 0 radical (unpaired) electrons. The number of carboxylic acid groups (broad SMARTS) is 1. The molecule has 0 aromatic heterocycles. The molecule has 0 aliphatic rings. The number of carbonyl (C=O) groups excluding carboxylic acids is 1. The number of hydrogen-bond donors (Lipinski definition) is 1. The number of ether oxygens (including phenoxy) is 1. The van der Waals surface area contributed by atoms with Crippen molar-refractivity contribution in [3.8, 4) is 5.75 Å². The third-order valence-electron chi connectivity index (χ3n) is 3.29. The highest BCUT2D eigenvalue weighted by molar-refractivity contribution is 6.35. The Balaban J connectivity index is 2.23. The van der Waals surface area contributed by atoms with Gasteiger partial charge in [0.25, 0.3) is 0 Å². The van der Waals surface area contributed by atoms with Gasteiger partial charge in [-0.1, -0.05) is 29.8 Å². The van der Waals surface area contributed by atoms with Gasteiger partial charge in [-0.3, -0.25) is 9.59 Å². The summed E-state index contributed by atoms with van der Waals surface area (Å²) in [5.41, 5.74) is 1.78. The highest BCUT2D eigenvalue weighted by atomic mass is 35.5. The van der Waals surface area contributed by atoms with Crippen molar-refractivity contribution in [3.63, 3.8) is 0 Å². The monoisotopic (exact) mass is 332 g/mol. The molecule has 0 aliphatic heterocycles. The lowest BCUT2D eigenvalue weighted by Crippen LogP contribution is -2.08. The lowest BCUT2D eigenvalue weighted by atomic mass is 10.0. The summed E-state index contributed by atoms with van der Waals surface area (Å²) in [4.78, 5) is 23.2.